The average Bonchev–Trinajstić information content (AvgIpc) is 3.78. The number of benzene rings is 3. The molecule has 0 amide bonds. The molecule has 2 aromatic heterocycles. The van der Waals surface area contributed by atoms with E-state index in [1.54, 1.807) is 18.7 Å². The van der Waals surface area contributed by atoms with E-state index < -0.39 is 0 Å². The summed E-state index contributed by atoms with van der Waals surface area (Å²) >= 11 is 6.64. The second-order valence-corrected chi connectivity index (χ2v) is 12.5. The summed E-state index contributed by atoms with van der Waals surface area (Å²) in [7, 11) is 0. The third-order valence-electron chi connectivity index (χ3n) is 9.19. The molecule has 2 aliphatic heterocycles. The predicted molar refractivity (Wildman–Crippen MR) is 177 cm³/mol. The number of furan rings is 1. The van der Waals surface area contributed by atoms with Gasteiger partial charge >= 0.3 is 0 Å². The van der Waals surface area contributed by atoms with E-state index in [1.165, 1.54) is 57.4 Å². The van der Waals surface area contributed by atoms with E-state index in [4.69, 9.17) is 16.0 Å². The Hall–Kier alpha value is -4.15. The molecule has 6 nitrogen and oxygen atoms in total. The maximum absolute atomic E-state index is 9.87. The molecule has 2 saturated heterocycles. The molecule has 0 spiro atoms. The Morgan fingerprint density at radius 3 is 2.43 bits per heavy atom. The molecule has 2 aliphatic rings. The maximum atomic E-state index is 9.87. The third-order valence-corrected chi connectivity index (χ3v) is 9.55. The van der Waals surface area contributed by atoms with E-state index in [-0.39, 0.29) is 0 Å². The van der Waals surface area contributed by atoms with Gasteiger partial charge in [-0.15, -0.1) is 0 Å². The summed E-state index contributed by atoms with van der Waals surface area (Å²) in [5.41, 5.74) is 8.55. The Bertz CT molecular complexity index is 1780. The second kappa shape index (κ2) is 12.8. The van der Waals surface area contributed by atoms with Gasteiger partial charge in [-0.25, -0.2) is 0 Å². The Kier molecular flexibility index (Phi) is 8.35. The molecular weight excluding hydrogens is 566 g/mol. The van der Waals surface area contributed by atoms with Crippen molar-refractivity contribution in [3.63, 3.8) is 0 Å². The summed E-state index contributed by atoms with van der Waals surface area (Å²) < 4.78 is 5.19. The van der Waals surface area contributed by atoms with Gasteiger partial charge < -0.3 is 14.6 Å². The molecule has 3 aromatic carbocycles. The van der Waals surface area contributed by atoms with E-state index >= 15 is 0 Å². The van der Waals surface area contributed by atoms with Crippen LogP contribution in [0, 0.1) is 11.3 Å². The minimum absolute atomic E-state index is 0.484. The number of fused-ring (bicyclic) bond motifs is 1. The summed E-state index contributed by atoms with van der Waals surface area (Å²) in [6.45, 7) is 5.96. The first-order chi connectivity index (χ1) is 21.6. The first-order valence-corrected chi connectivity index (χ1v) is 16.0. The Labute approximate surface area is 263 Å². The molecule has 1 N–H and O–H groups in total. The van der Waals surface area contributed by atoms with Gasteiger partial charge in [-0.1, -0.05) is 54.1 Å². The summed E-state index contributed by atoms with van der Waals surface area (Å²) in [6, 6.07) is 26.1. The van der Waals surface area contributed by atoms with Crippen LogP contribution >= 0.6 is 11.6 Å². The van der Waals surface area contributed by atoms with Crippen molar-refractivity contribution in [1.82, 2.24) is 14.8 Å². The zero-order valence-corrected chi connectivity index (χ0v) is 25.6. The normalized spacial score (nSPS) is 16.4. The number of halogens is 1. The molecule has 0 aliphatic carbocycles. The van der Waals surface area contributed by atoms with Crippen LogP contribution in [0.2, 0.25) is 5.02 Å². The fourth-order valence-corrected chi connectivity index (χ4v) is 6.98. The number of likely N-dealkylation sites (tertiary alicyclic amines) is 2. The van der Waals surface area contributed by atoms with Gasteiger partial charge in [-0.05, 0) is 104 Å². The highest BCUT2D eigenvalue weighted by atomic mass is 35.5. The molecule has 0 atom stereocenters. The number of anilines is 2. The Morgan fingerprint density at radius 2 is 1.70 bits per heavy atom. The van der Waals surface area contributed by atoms with Gasteiger partial charge in [-0.2, -0.15) is 5.26 Å². The molecule has 7 rings (SSSR count). The zero-order valence-electron chi connectivity index (χ0n) is 24.8. The van der Waals surface area contributed by atoms with Gasteiger partial charge in [0.1, 0.15) is 6.07 Å². The lowest BCUT2D eigenvalue weighted by molar-refractivity contribution is 0.122. The number of pyridine rings is 1. The lowest BCUT2D eigenvalue weighted by atomic mass is 10.00. The SMILES string of the molecule is N#Cc1cnc2cc(-c3ccc(CN4CCC(N5CCCC5)CC4)cc3)ccc2c1Nc1ccc(Cc2ccoc2)c(Cl)c1. The lowest BCUT2D eigenvalue weighted by Crippen LogP contribution is -2.43. The summed E-state index contributed by atoms with van der Waals surface area (Å²) in [6.07, 6.45) is 11.0. The van der Waals surface area contributed by atoms with Crippen molar-refractivity contribution in [3.05, 3.63) is 113 Å². The molecule has 44 heavy (non-hydrogen) atoms. The number of hydrogen-bond donors (Lipinski definition) is 1. The fourth-order valence-electron chi connectivity index (χ4n) is 6.73. The predicted octanol–water partition coefficient (Wildman–Crippen LogP) is 8.41. The number of aromatic nitrogens is 1. The van der Waals surface area contributed by atoms with Crippen LogP contribution in [-0.2, 0) is 13.0 Å². The molecule has 5 aromatic rings. The average molecular weight is 602 g/mol. The van der Waals surface area contributed by atoms with Crippen molar-refractivity contribution in [2.24, 2.45) is 0 Å². The van der Waals surface area contributed by atoms with Gasteiger partial charge in [0, 0.05) is 41.3 Å². The van der Waals surface area contributed by atoms with Crippen LogP contribution < -0.4 is 5.32 Å². The summed E-state index contributed by atoms with van der Waals surface area (Å²) in [5, 5.41) is 14.9. The van der Waals surface area contributed by atoms with Gasteiger partial charge in [0.05, 0.1) is 29.3 Å². The highest BCUT2D eigenvalue weighted by molar-refractivity contribution is 6.31. The van der Waals surface area contributed by atoms with E-state index in [0.29, 0.717) is 17.0 Å². The van der Waals surface area contributed by atoms with Crippen LogP contribution in [0.25, 0.3) is 22.0 Å². The monoisotopic (exact) mass is 601 g/mol. The van der Waals surface area contributed by atoms with Crippen LogP contribution in [0.5, 0.6) is 0 Å². The Balaban J connectivity index is 1.05. The second-order valence-electron chi connectivity index (χ2n) is 12.1. The quantitative estimate of drug-likeness (QED) is 0.193. The first kappa shape index (κ1) is 28.6. The van der Waals surface area contributed by atoms with Crippen molar-refractivity contribution in [1.29, 1.82) is 5.26 Å². The zero-order chi connectivity index (χ0) is 29.9. The maximum Gasteiger partial charge on any atom is 0.103 e. The van der Waals surface area contributed by atoms with E-state index in [2.05, 4.69) is 62.6 Å². The van der Waals surface area contributed by atoms with Crippen molar-refractivity contribution >= 4 is 33.9 Å². The lowest BCUT2D eigenvalue weighted by Gasteiger charge is -2.36. The number of piperidine rings is 1. The van der Waals surface area contributed by atoms with Gasteiger partial charge in [0.25, 0.3) is 0 Å². The molecule has 0 unspecified atom stereocenters. The number of nitrogens with one attached hydrogen (secondary N) is 1. The smallest absolute Gasteiger partial charge is 0.103 e. The topological polar surface area (TPSA) is 68.3 Å². The Morgan fingerprint density at radius 1 is 0.909 bits per heavy atom. The van der Waals surface area contributed by atoms with Crippen LogP contribution in [0.3, 0.4) is 0 Å². The third kappa shape index (κ3) is 6.23. The molecule has 0 saturated carbocycles. The largest absolute Gasteiger partial charge is 0.472 e. The molecule has 0 bridgehead atoms. The molecule has 0 radical (unpaired) electrons. The van der Waals surface area contributed by atoms with E-state index in [9.17, 15) is 5.26 Å². The molecule has 7 heteroatoms. The van der Waals surface area contributed by atoms with Crippen LogP contribution in [0.1, 0.15) is 47.9 Å². The van der Waals surface area contributed by atoms with Crippen LogP contribution in [-0.4, -0.2) is 47.0 Å². The van der Waals surface area contributed by atoms with Crippen molar-refractivity contribution in [3.8, 4) is 17.2 Å². The number of rotatable bonds is 8. The fraction of sp³-hybridized carbons (Fsp3) is 0.297. The van der Waals surface area contributed by atoms with Gasteiger partial charge in [-0.3, -0.25) is 9.88 Å². The summed E-state index contributed by atoms with van der Waals surface area (Å²) in [5.74, 6) is 0. The molecule has 4 heterocycles. The first-order valence-electron chi connectivity index (χ1n) is 15.6. The number of nitriles is 1. The molecule has 2 fully saturated rings. The van der Waals surface area contributed by atoms with E-state index in [0.717, 1.165) is 57.1 Å². The van der Waals surface area contributed by atoms with Gasteiger partial charge in [0.2, 0.25) is 0 Å². The van der Waals surface area contributed by atoms with Crippen molar-refractivity contribution in [2.75, 3.05) is 31.5 Å². The van der Waals surface area contributed by atoms with Crippen molar-refractivity contribution in [2.45, 2.75) is 44.7 Å². The number of nitrogens with zero attached hydrogens (tertiary/aromatic N) is 4. The minimum atomic E-state index is 0.484. The van der Waals surface area contributed by atoms with Crippen LogP contribution in [0.15, 0.2) is 89.9 Å². The minimum Gasteiger partial charge on any atom is -0.472 e. The number of hydrogen-bond acceptors (Lipinski definition) is 6. The molecular formula is C37H36ClN5O. The van der Waals surface area contributed by atoms with Crippen LogP contribution in [0.4, 0.5) is 11.4 Å². The van der Waals surface area contributed by atoms with Crippen molar-refractivity contribution < 1.29 is 4.42 Å². The highest BCUT2D eigenvalue weighted by Gasteiger charge is 2.26. The standard InChI is InChI=1S/C37H36ClN5O/c38-35-21-32(9-7-30(35)19-27-13-18-44-25-27)41-37-31(22-39)23-40-36-20-29(8-10-34(36)37)28-5-3-26(4-6-28)24-42-16-11-33(12-17-42)43-14-1-2-15-43/h3-10,13,18,20-21,23,25,33H,1-2,11-12,14-17,19,24H2,(H,40,41). The van der Waals surface area contributed by atoms with E-state index in [1.807, 2.05) is 30.3 Å². The van der Waals surface area contributed by atoms with Gasteiger partial charge in [0.15, 0.2) is 0 Å². The highest BCUT2D eigenvalue weighted by Crippen LogP contribution is 2.33. The molecule has 222 valence electrons. The summed E-state index contributed by atoms with van der Waals surface area (Å²) in [4.78, 5) is 9.95.